The van der Waals surface area contributed by atoms with Crippen molar-refractivity contribution in [1.82, 2.24) is 5.32 Å². The van der Waals surface area contributed by atoms with Gasteiger partial charge in [-0.2, -0.15) is 0 Å². The molecule has 10 nitrogen and oxygen atoms in total. The van der Waals surface area contributed by atoms with Crippen LogP contribution in [-0.2, 0) is 14.3 Å². The van der Waals surface area contributed by atoms with Crippen molar-refractivity contribution in [2.45, 2.75) is 19.4 Å². The number of amides is 2. The fraction of sp³-hybridized carbons (Fsp3) is 0.278. The fourth-order valence-corrected chi connectivity index (χ4v) is 2.85. The molecule has 1 heterocycles. The van der Waals surface area contributed by atoms with E-state index in [4.69, 9.17) is 9.47 Å². The standard InChI is InChI=1S/C18H19N3O7S/c1-11(28-16(22)7-8-19-18(24)15-4-3-9-29-15)17(23)20-13-6-5-12(27-2)10-14(13)21(25)26/h3-6,9-11H,7-8H2,1-2H3,(H,19,24)(H,20,23). The van der Waals surface area contributed by atoms with E-state index in [9.17, 15) is 24.5 Å². The van der Waals surface area contributed by atoms with Crippen molar-refractivity contribution in [3.05, 3.63) is 50.7 Å². The molecule has 2 N–H and O–H groups in total. The number of hydrogen-bond acceptors (Lipinski definition) is 8. The van der Waals surface area contributed by atoms with Crippen molar-refractivity contribution in [3.63, 3.8) is 0 Å². The Kier molecular flexibility index (Phi) is 7.66. The molecule has 0 spiro atoms. The van der Waals surface area contributed by atoms with Gasteiger partial charge in [0.2, 0.25) is 0 Å². The van der Waals surface area contributed by atoms with Gasteiger partial charge in [-0.3, -0.25) is 24.5 Å². The van der Waals surface area contributed by atoms with Crippen LogP contribution in [0.2, 0.25) is 0 Å². The number of nitro benzene ring substituents is 1. The van der Waals surface area contributed by atoms with Crippen molar-refractivity contribution in [1.29, 1.82) is 0 Å². The zero-order valence-corrected chi connectivity index (χ0v) is 16.5. The van der Waals surface area contributed by atoms with Crippen molar-refractivity contribution in [3.8, 4) is 5.75 Å². The fourth-order valence-electron chi connectivity index (χ4n) is 2.21. The van der Waals surface area contributed by atoms with Crippen LogP contribution in [0.1, 0.15) is 23.0 Å². The highest BCUT2D eigenvalue weighted by atomic mass is 32.1. The van der Waals surface area contributed by atoms with Crippen LogP contribution in [0.4, 0.5) is 11.4 Å². The summed E-state index contributed by atoms with van der Waals surface area (Å²) in [6.45, 7) is 1.39. The van der Waals surface area contributed by atoms with Gasteiger partial charge in [0.25, 0.3) is 17.5 Å². The summed E-state index contributed by atoms with van der Waals surface area (Å²) in [5, 5.41) is 17.8. The molecule has 0 fully saturated rings. The van der Waals surface area contributed by atoms with Crippen molar-refractivity contribution >= 4 is 40.5 Å². The number of thiophene rings is 1. The lowest BCUT2D eigenvalue weighted by Gasteiger charge is -2.14. The third-order valence-corrected chi connectivity index (χ3v) is 4.57. The van der Waals surface area contributed by atoms with Crippen LogP contribution in [0.5, 0.6) is 5.75 Å². The summed E-state index contributed by atoms with van der Waals surface area (Å²) in [5.74, 6) is -1.46. The Balaban J connectivity index is 1.84. The second-order valence-electron chi connectivity index (χ2n) is 5.74. The molecule has 0 bridgehead atoms. The Labute approximate surface area is 170 Å². The lowest BCUT2D eigenvalue weighted by atomic mass is 10.2. The summed E-state index contributed by atoms with van der Waals surface area (Å²) in [5.41, 5.74) is -0.403. The van der Waals surface area contributed by atoms with Crippen LogP contribution >= 0.6 is 11.3 Å². The number of anilines is 1. The van der Waals surface area contributed by atoms with Crippen LogP contribution in [-0.4, -0.2) is 42.5 Å². The number of methoxy groups -OCH3 is 1. The molecule has 0 aliphatic carbocycles. The van der Waals surface area contributed by atoms with E-state index in [1.807, 2.05) is 0 Å². The molecule has 1 aromatic heterocycles. The topological polar surface area (TPSA) is 137 Å². The Morgan fingerprint density at radius 2 is 2.03 bits per heavy atom. The SMILES string of the molecule is COc1ccc(NC(=O)C(C)OC(=O)CCNC(=O)c2cccs2)c([N+](=O)[O-])c1. The molecule has 2 aromatic rings. The summed E-state index contributed by atoms with van der Waals surface area (Å²) in [4.78, 5) is 46.9. The highest BCUT2D eigenvalue weighted by molar-refractivity contribution is 7.12. The van der Waals surface area contributed by atoms with E-state index in [1.54, 1.807) is 17.5 Å². The van der Waals surface area contributed by atoms with Gasteiger partial charge < -0.3 is 20.1 Å². The molecule has 0 aliphatic heterocycles. The van der Waals surface area contributed by atoms with E-state index in [0.717, 1.165) is 0 Å². The summed E-state index contributed by atoms with van der Waals surface area (Å²) >= 11 is 1.27. The number of carbonyl (C=O) groups is 3. The minimum absolute atomic E-state index is 0.0492. The number of carbonyl (C=O) groups excluding carboxylic acids is 3. The van der Waals surface area contributed by atoms with E-state index >= 15 is 0 Å². The average molecular weight is 421 g/mol. The first kappa shape index (κ1) is 21.8. The normalized spacial score (nSPS) is 11.2. The quantitative estimate of drug-likeness (QED) is 0.360. The van der Waals surface area contributed by atoms with Crippen LogP contribution in [0.3, 0.4) is 0 Å². The molecule has 0 aliphatic rings. The van der Waals surface area contributed by atoms with Gasteiger partial charge in [-0.25, -0.2) is 0 Å². The van der Waals surface area contributed by atoms with Crippen molar-refractivity contribution < 1.29 is 28.8 Å². The summed E-state index contributed by atoms with van der Waals surface area (Å²) < 4.78 is 9.94. The molecule has 11 heteroatoms. The maximum Gasteiger partial charge on any atom is 0.308 e. The molecule has 0 saturated carbocycles. The van der Waals surface area contributed by atoms with Crippen LogP contribution in [0.25, 0.3) is 0 Å². The van der Waals surface area contributed by atoms with E-state index in [2.05, 4.69) is 10.6 Å². The van der Waals surface area contributed by atoms with Crippen LogP contribution in [0.15, 0.2) is 35.7 Å². The number of nitrogens with one attached hydrogen (secondary N) is 2. The number of esters is 1. The predicted molar refractivity (Wildman–Crippen MR) is 105 cm³/mol. The Morgan fingerprint density at radius 1 is 1.28 bits per heavy atom. The molecule has 2 amide bonds. The zero-order chi connectivity index (χ0) is 21.4. The molecule has 1 unspecified atom stereocenters. The first-order chi connectivity index (χ1) is 13.8. The van der Waals surface area contributed by atoms with Gasteiger partial charge in [-0.05, 0) is 30.5 Å². The minimum atomic E-state index is -1.18. The summed E-state index contributed by atoms with van der Waals surface area (Å²) in [7, 11) is 1.36. The minimum Gasteiger partial charge on any atom is -0.496 e. The lowest BCUT2D eigenvalue weighted by Crippen LogP contribution is -2.32. The van der Waals surface area contributed by atoms with Gasteiger partial charge in [0.15, 0.2) is 6.10 Å². The van der Waals surface area contributed by atoms with Gasteiger partial charge >= 0.3 is 5.97 Å². The second kappa shape index (κ2) is 10.2. The summed E-state index contributed by atoms with van der Waals surface area (Å²) in [6.07, 6.45) is -1.31. The van der Waals surface area contributed by atoms with E-state index in [1.165, 1.54) is 43.6 Å². The van der Waals surface area contributed by atoms with Crippen LogP contribution in [0, 0.1) is 10.1 Å². The highest BCUT2D eigenvalue weighted by Crippen LogP contribution is 2.29. The number of ether oxygens (including phenoxy) is 2. The molecule has 0 radical (unpaired) electrons. The summed E-state index contributed by atoms with van der Waals surface area (Å²) in [6, 6.07) is 7.34. The smallest absolute Gasteiger partial charge is 0.308 e. The van der Waals surface area contributed by atoms with Crippen LogP contribution < -0.4 is 15.4 Å². The number of hydrogen-bond donors (Lipinski definition) is 2. The Morgan fingerprint density at radius 3 is 2.66 bits per heavy atom. The number of nitro groups is 1. The predicted octanol–water partition coefficient (Wildman–Crippen LogP) is 2.36. The third kappa shape index (κ3) is 6.28. The molecule has 29 heavy (non-hydrogen) atoms. The molecule has 154 valence electrons. The molecule has 2 rings (SSSR count). The largest absolute Gasteiger partial charge is 0.496 e. The first-order valence-electron chi connectivity index (χ1n) is 8.46. The lowest BCUT2D eigenvalue weighted by molar-refractivity contribution is -0.384. The van der Waals surface area contributed by atoms with Gasteiger partial charge in [0.1, 0.15) is 11.4 Å². The molecular weight excluding hydrogens is 402 g/mol. The van der Waals surface area contributed by atoms with Gasteiger partial charge in [-0.15, -0.1) is 11.3 Å². The molecule has 0 saturated heterocycles. The molecule has 1 aromatic carbocycles. The van der Waals surface area contributed by atoms with Gasteiger partial charge in [-0.1, -0.05) is 6.07 Å². The number of nitrogens with zero attached hydrogens (tertiary/aromatic N) is 1. The molecular formula is C18H19N3O7S. The Bertz CT molecular complexity index is 899. The Hall–Kier alpha value is -3.47. The maximum atomic E-state index is 12.2. The van der Waals surface area contributed by atoms with Crippen molar-refractivity contribution in [2.24, 2.45) is 0 Å². The van der Waals surface area contributed by atoms with Crippen molar-refractivity contribution in [2.75, 3.05) is 19.0 Å². The second-order valence-corrected chi connectivity index (χ2v) is 6.69. The van der Waals surface area contributed by atoms with E-state index in [0.29, 0.717) is 4.88 Å². The maximum absolute atomic E-state index is 12.2. The van der Waals surface area contributed by atoms with E-state index in [-0.39, 0.29) is 36.0 Å². The van der Waals surface area contributed by atoms with Gasteiger partial charge in [0, 0.05) is 6.54 Å². The molecule has 1 atom stereocenters. The highest BCUT2D eigenvalue weighted by Gasteiger charge is 2.22. The average Bonchev–Trinajstić information content (AvgIpc) is 3.22. The third-order valence-electron chi connectivity index (χ3n) is 3.70. The zero-order valence-electron chi connectivity index (χ0n) is 15.7. The van der Waals surface area contributed by atoms with Gasteiger partial charge in [0.05, 0.1) is 29.4 Å². The first-order valence-corrected chi connectivity index (χ1v) is 9.34. The number of rotatable bonds is 9. The monoisotopic (exact) mass is 421 g/mol. The van der Waals surface area contributed by atoms with E-state index < -0.39 is 22.9 Å². The number of benzene rings is 1.